The monoisotopic (exact) mass is 278 g/mol. The number of hydrogen-bond acceptors (Lipinski definition) is 6. The van der Waals surface area contributed by atoms with Gasteiger partial charge < -0.3 is 19.5 Å². The van der Waals surface area contributed by atoms with E-state index in [4.69, 9.17) is 14.2 Å². The summed E-state index contributed by atoms with van der Waals surface area (Å²) in [6, 6.07) is 1.69. The van der Waals surface area contributed by atoms with Crippen LogP contribution in [0.15, 0.2) is 12.3 Å². The van der Waals surface area contributed by atoms with Crippen molar-refractivity contribution in [2.45, 2.75) is 24.8 Å². The summed E-state index contributed by atoms with van der Waals surface area (Å²) in [5.41, 5.74) is 0.562. The molecular weight excluding hydrogens is 260 g/mol. The van der Waals surface area contributed by atoms with Gasteiger partial charge in [0.1, 0.15) is 6.61 Å². The Balaban J connectivity index is 1.72. The zero-order chi connectivity index (χ0) is 14.0. The first-order chi connectivity index (χ1) is 9.72. The van der Waals surface area contributed by atoms with E-state index in [0.717, 1.165) is 19.3 Å². The highest BCUT2D eigenvalue weighted by atomic mass is 16.6. The molecule has 0 saturated heterocycles. The van der Waals surface area contributed by atoms with Crippen molar-refractivity contribution in [1.29, 1.82) is 0 Å². The third-order valence-corrected chi connectivity index (χ3v) is 3.68. The Morgan fingerprint density at radius 3 is 3.05 bits per heavy atom. The Morgan fingerprint density at radius 2 is 2.30 bits per heavy atom. The van der Waals surface area contributed by atoms with Crippen LogP contribution < -0.4 is 10.1 Å². The highest BCUT2D eigenvalue weighted by Crippen LogP contribution is 2.45. The maximum Gasteiger partial charge on any atom is 0.339 e. The molecule has 6 heteroatoms. The molecule has 20 heavy (non-hydrogen) atoms. The Morgan fingerprint density at radius 1 is 1.45 bits per heavy atom. The standard InChI is InChI=1S/C14H18N2O4/c1-18-6-7-20-13(17)10-8-11-12(15-9-10)16-14(2-3-14)4-5-19-11/h8-9H,2-7H2,1H3,(H,15,16). The molecule has 1 aromatic heterocycles. The van der Waals surface area contributed by atoms with Crippen LogP contribution in [0.4, 0.5) is 5.82 Å². The van der Waals surface area contributed by atoms with Gasteiger partial charge in [-0.1, -0.05) is 0 Å². The van der Waals surface area contributed by atoms with Crippen LogP contribution in [0.3, 0.4) is 0 Å². The minimum Gasteiger partial charge on any atom is -0.490 e. The largest absolute Gasteiger partial charge is 0.490 e. The summed E-state index contributed by atoms with van der Waals surface area (Å²) in [7, 11) is 1.56. The van der Waals surface area contributed by atoms with E-state index in [0.29, 0.717) is 30.3 Å². The van der Waals surface area contributed by atoms with Crippen LogP contribution in [0.25, 0.3) is 0 Å². The van der Waals surface area contributed by atoms with Gasteiger partial charge in [-0.3, -0.25) is 0 Å². The molecule has 0 bridgehead atoms. The minimum absolute atomic E-state index is 0.165. The first-order valence-corrected chi connectivity index (χ1v) is 6.80. The lowest BCUT2D eigenvalue weighted by Gasteiger charge is -2.13. The van der Waals surface area contributed by atoms with Gasteiger partial charge in [0.2, 0.25) is 0 Å². The van der Waals surface area contributed by atoms with Crippen LogP contribution in [0.2, 0.25) is 0 Å². The Hall–Kier alpha value is -1.82. The van der Waals surface area contributed by atoms with Crippen molar-refractivity contribution in [2.75, 3.05) is 32.2 Å². The normalized spacial score (nSPS) is 18.4. The van der Waals surface area contributed by atoms with E-state index in [9.17, 15) is 4.79 Å². The second kappa shape index (κ2) is 5.28. The zero-order valence-corrected chi connectivity index (χ0v) is 11.5. The molecule has 0 radical (unpaired) electrons. The van der Waals surface area contributed by atoms with E-state index in [1.807, 2.05) is 0 Å². The summed E-state index contributed by atoms with van der Waals surface area (Å²) in [6.07, 6.45) is 4.79. The zero-order valence-electron chi connectivity index (χ0n) is 11.5. The summed E-state index contributed by atoms with van der Waals surface area (Å²) >= 11 is 0. The van der Waals surface area contributed by atoms with Crippen LogP contribution >= 0.6 is 0 Å². The highest BCUT2D eigenvalue weighted by molar-refractivity contribution is 5.90. The lowest BCUT2D eigenvalue weighted by Crippen LogP contribution is -2.21. The van der Waals surface area contributed by atoms with Crippen LogP contribution in [0.5, 0.6) is 5.75 Å². The van der Waals surface area contributed by atoms with Crippen LogP contribution in [-0.2, 0) is 9.47 Å². The lowest BCUT2D eigenvalue weighted by atomic mass is 10.2. The van der Waals surface area contributed by atoms with Crippen molar-refractivity contribution in [3.63, 3.8) is 0 Å². The van der Waals surface area contributed by atoms with E-state index in [-0.39, 0.29) is 12.1 Å². The predicted octanol–water partition coefficient (Wildman–Crippen LogP) is 1.61. The van der Waals surface area contributed by atoms with Gasteiger partial charge in [-0.25, -0.2) is 9.78 Å². The molecular formula is C14H18N2O4. The molecule has 1 aliphatic carbocycles. The molecule has 1 spiro atoms. The quantitative estimate of drug-likeness (QED) is 0.666. The minimum atomic E-state index is -0.411. The summed E-state index contributed by atoms with van der Waals surface area (Å²) < 4.78 is 15.6. The number of carbonyl (C=O) groups is 1. The molecule has 1 aliphatic heterocycles. The predicted molar refractivity (Wildman–Crippen MR) is 72.1 cm³/mol. The molecule has 2 aliphatic rings. The second-order valence-corrected chi connectivity index (χ2v) is 5.20. The van der Waals surface area contributed by atoms with E-state index in [1.54, 1.807) is 13.2 Å². The fraction of sp³-hybridized carbons (Fsp3) is 0.571. The first kappa shape index (κ1) is 13.2. The van der Waals surface area contributed by atoms with Crippen molar-refractivity contribution < 1.29 is 19.0 Å². The third kappa shape index (κ3) is 2.70. The molecule has 0 unspecified atom stereocenters. The molecule has 108 valence electrons. The van der Waals surface area contributed by atoms with Gasteiger partial charge in [-0.05, 0) is 12.8 Å². The molecule has 1 aromatic rings. The number of methoxy groups -OCH3 is 1. The summed E-state index contributed by atoms with van der Waals surface area (Å²) in [5, 5.41) is 3.42. The van der Waals surface area contributed by atoms with Gasteiger partial charge in [-0.2, -0.15) is 0 Å². The molecule has 0 atom stereocenters. The lowest BCUT2D eigenvalue weighted by molar-refractivity contribution is 0.0387. The SMILES string of the molecule is COCCOC(=O)c1cnc2c(c1)OCCC1(CC1)N2. The van der Waals surface area contributed by atoms with Gasteiger partial charge in [-0.15, -0.1) is 0 Å². The molecule has 1 saturated carbocycles. The Kier molecular flexibility index (Phi) is 3.48. The average Bonchev–Trinajstić information content (AvgIpc) is 3.23. The van der Waals surface area contributed by atoms with Crippen molar-refractivity contribution in [2.24, 2.45) is 0 Å². The smallest absolute Gasteiger partial charge is 0.339 e. The number of ether oxygens (including phenoxy) is 3. The highest BCUT2D eigenvalue weighted by Gasteiger charge is 2.44. The number of aromatic nitrogens is 1. The van der Waals surface area contributed by atoms with Gasteiger partial charge in [0, 0.05) is 31.3 Å². The van der Waals surface area contributed by atoms with Gasteiger partial charge >= 0.3 is 5.97 Å². The van der Waals surface area contributed by atoms with E-state index in [2.05, 4.69) is 10.3 Å². The van der Waals surface area contributed by atoms with Crippen LogP contribution in [0, 0.1) is 0 Å². The molecule has 2 heterocycles. The average molecular weight is 278 g/mol. The molecule has 1 fully saturated rings. The van der Waals surface area contributed by atoms with Gasteiger partial charge in [0.05, 0.1) is 18.8 Å². The van der Waals surface area contributed by atoms with E-state index in [1.165, 1.54) is 6.20 Å². The molecule has 6 nitrogen and oxygen atoms in total. The molecule has 1 N–H and O–H groups in total. The number of nitrogens with one attached hydrogen (secondary N) is 1. The molecule has 0 aromatic carbocycles. The number of esters is 1. The Bertz CT molecular complexity index is 514. The first-order valence-electron chi connectivity index (χ1n) is 6.80. The van der Waals surface area contributed by atoms with E-state index < -0.39 is 5.97 Å². The molecule has 3 rings (SSSR count). The number of carbonyl (C=O) groups excluding carboxylic acids is 1. The third-order valence-electron chi connectivity index (χ3n) is 3.68. The number of anilines is 1. The summed E-state index contributed by atoms with van der Waals surface area (Å²) in [5.74, 6) is 0.926. The fourth-order valence-corrected chi connectivity index (χ4v) is 2.26. The molecule has 0 amide bonds. The fourth-order valence-electron chi connectivity index (χ4n) is 2.26. The van der Waals surface area contributed by atoms with Crippen molar-refractivity contribution in [3.05, 3.63) is 17.8 Å². The second-order valence-electron chi connectivity index (χ2n) is 5.20. The van der Waals surface area contributed by atoms with Gasteiger partial charge in [0.25, 0.3) is 0 Å². The number of rotatable bonds is 4. The van der Waals surface area contributed by atoms with Crippen molar-refractivity contribution in [3.8, 4) is 5.75 Å². The maximum atomic E-state index is 11.8. The summed E-state index contributed by atoms with van der Waals surface area (Å²) in [6.45, 7) is 1.25. The number of fused-ring (bicyclic) bond motifs is 1. The van der Waals surface area contributed by atoms with E-state index >= 15 is 0 Å². The topological polar surface area (TPSA) is 69.7 Å². The van der Waals surface area contributed by atoms with Crippen LogP contribution in [-0.4, -0.2) is 43.4 Å². The number of hydrogen-bond donors (Lipinski definition) is 1. The number of nitrogens with zero attached hydrogens (tertiary/aromatic N) is 1. The van der Waals surface area contributed by atoms with Crippen LogP contribution in [0.1, 0.15) is 29.6 Å². The Labute approximate surface area is 117 Å². The number of pyridine rings is 1. The van der Waals surface area contributed by atoms with Crippen molar-refractivity contribution in [1.82, 2.24) is 4.98 Å². The maximum absolute atomic E-state index is 11.8. The van der Waals surface area contributed by atoms with Gasteiger partial charge in [0.15, 0.2) is 11.6 Å². The van der Waals surface area contributed by atoms with Crippen molar-refractivity contribution >= 4 is 11.8 Å². The summed E-state index contributed by atoms with van der Waals surface area (Å²) in [4.78, 5) is 16.1.